The Balaban J connectivity index is 1.25. The van der Waals surface area contributed by atoms with Crippen molar-refractivity contribution in [1.29, 1.82) is 0 Å². The molecule has 4 heterocycles. The van der Waals surface area contributed by atoms with Crippen LogP contribution in [-0.4, -0.2) is 92.9 Å². The number of rotatable bonds is 7. The molecule has 15 nitrogen and oxygen atoms in total. The number of aromatic nitrogens is 4. The van der Waals surface area contributed by atoms with Crippen LogP contribution in [0.3, 0.4) is 0 Å². The molecule has 3 saturated heterocycles. The Labute approximate surface area is 165 Å². The van der Waals surface area contributed by atoms with E-state index in [0.717, 1.165) is 0 Å². The first kappa shape index (κ1) is 19.9. The van der Waals surface area contributed by atoms with E-state index in [1.165, 1.54) is 16.0 Å². The molecular formula is C13H20N8O7S. The van der Waals surface area contributed by atoms with Crippen molar-refractivity contribution in [2.45, 2.75) is 43.4 Å². The maximum atomic E-state index is 12.4. The number of piperidine rings is 1. The number of nitrogens with zero attached hydrogens (tertiary/aromatic N) is 6. The normalized spacial score (nSPS) is 29.5. The Hall–Kier alpha value is -2.40. The highest BCUT2D eigenvalue weighted by Gasteiger charge is 2.49. The van der Waals surface area contributed by atoms with Crippen LogP contribution in [0.15, 0.2) is 6.33 Å². The van der Waals surface area contributed by atoms with Crippen LogP contribution in [0.5, 0.6) is 0 Å². The van der Waals surface area contributed by atoms with Gasteiger partial charge in [0.1, 0.15) is 6.04 Å². The Kier molecular flexibility index (Phi) is 5.34. The monoisotopic (exact) mass is 432 g/mol. The van der Waals surface area contributed by atoms with Gasteiger partial charge in [-0.05, 0) is 24.5 Å². The van der Waals surface area contributed by atoms with E-state index < -0.39 is 34.4 Å². The van der Waals surface area contributed by atoms with Crippen molar-refractivity contribution in [3.05, 3.63) is 6.33 Å². The summed E-state index contributed by atoms with van der Waals surface area (Å²) in [7, 11) is -4.83. The van der Waals surface area contributed by atoms with Gasteiger partial charge >= 0.3 is 16.4 Å². The molecule has 0 saturated carbocycles. The van der Waals surface area contributed by atoms with E-state index in [0.29, 0.717) is 30.9 Å². The highest BCUT2D eigenvalue weighted by atomic mass is 32.3. The lowest BCUT2D eigenvalue weighted by atomic mass is 10.0. The molecule has 1 aromatic rings. The molecule has 160 valence electrons. The van der Waals surface area contributed by atoms with E-state index in [-0.39, 0.29) is 25.2 Å². The zero-order valence-electron chi connectivity index (χ0n) is 15.1. The summed E-state index contributed by atoms with van der Waals surface area (Å²) in [5.41, 5.74) is 2.35. The molecule has 3 amide bonds. The molecule has 0 spiro atoms. The third-order valence-corrected chi connectivity index (χ3v) is 5.50. The van der Waals surface area contributed by atoms with Crippen LogP contribution in [0.2, 0.25) is 0 Å². The number of carbonyl (C=O) groups is 2. The van der Waals surface area contributed by atoms with Gasteiger partial charge in [0.15, 0.2) is 6.33 Å². The van der Waals surface area contributed by atoms with E-state index in [4.69, 9.17) is 9.39 Å². The van der Waals surface area contributed by atoms with E-state index >= 15 is 0 Å². The molecule has 3 aliphatic rings. The molecule has 3 aliphatic heterocycles. The van der Waals surface area contributed by atoms with Crippen molar-refractivity contribution in [2.75, 3.05) is 19.7 Å². The van der Waals surface area contributed by atoms with Gasteiger partial charge in [-0.1, -0.05) is 0 Å². The molecule has 3 fully saturated rings. The number of hydrogen-bond acceptors (Lipinski definition) is 10. The Bertz CT molecular complexity index is 865. The summed E-state index contributed by atoms with van der Waals surface area (Å²) in [6.45, 7) is 0.968. The minimum Gasteiger partial charge on any atom is -0.309 e. The lowest BCUT2D eigenvalue weighted by Crippen LogP contribution is -2.50. The zero-order valence-corrected chi connectivity index (χ0v) is 15.9. The fourth-order valence-electron chi connectivity index (χ4n) is 3.83. The summed E-state index contributed by atoms with van der Waals surface area (Å²) in [5.74, 6) is -0.516. The van der Waals surface area contributed by atoms with Crippen LogP contribution in [-0.2, 0) is 24.3 Å². The van der Waals surface area contributed by atoms with Gasteiger partial charge < -0.3 is 10.2 Å². The maximum Gasteiger partial charge on any atom is 0.418 e. The Morgan fingerprint density at radius 2 is 2.21 bits per heavy atom. The highest BCUT2D eigenvalue weighted by Crippen LogP contribution is 2.30. The molecule has 0 aliphatic carbocycles. The number of fused-ring (bicyclic) bond motifs is 2. The number of carbonyl (C=O) groups excluding carboxylic acids is 2. The van der Waals surface area contributed by atoms with Crippen LogP contribution < -0.4 is 10.8 Å². The third kappa shape index (κ3) is 4.30. The maximum absolute atomic E-state index is 12.4. The van der Waals surface area contributed by atoms with Gasteiger partial charge in [-0.15, -0.1) is 14.5 Å². The van der Waals surface area contributed by atoms with E-state index in [1.54, 1.807) is 0 Å². The van der Waals surface area contributed by atoms with Crippen LogP contribution >= 0.6 is 0 Å². The van der Waals surface area contributed by atoms with E-state index in [2.05, 4.69) is 30.5 Å². The van der Waals surface area contributed by atoms with Crippen molar-refractivity contribution >= 4 is 22.3 Å². The molecule has 2 unspecified atom stereocenters. The second-order valence-electron chi connectivity index (χ2n) is 7.04. The van der Waals surface area contributed by atoms with Gasteiger partial charge in [-0.3, -0.25) is 14.2 Å². The standard InChI is InChI=1S/C13H20N8O7S/c22-12(17-27-6-8-3-10(4-14-8)21-16-7-15-18-21)11-2-1-9-5-19(11)13(23)20(9)28-29(24,25)26/h7-11,14H,1-6H2,(H,17,22)(H,24,25,26)/t8-,9?,10+,11?/m0/s1. The lowest BCUT2D eigenvalue weighted by Gasteiger charge is -2.29. The number of nitrogens with one attached hydrogen (secondary N) is 2. The zero-order chi connectivity index (χ0) is 20.6. The van der Waals surface area contributed by atoms with Crippen LogP contribution in [0.4, 0.5) is 4.79 Å². The van der Waals surface area contributed by atoms with Crippen LogP contribution in [0, 0.1) is 0 Å². The average Bonchev–Trinajstić information content (AvgIpc) is 3.39. The molecular weight excluding hydrogens is 412 g/mol. The van der Waals surface area contributed by atoms with Crippen molar-refractivity contribution in [3.63, 3.8) is 0 Å². The Morgan fingerprint density at radius 1 is 1.38 bits per heavy atom. The van der Waals surface area contributed by atoms with Crippen LogP contribution in [0.1, 0.15) is 25.3 Å². The second kappa shape index (κ2) is 7.79. The molecule has 0 aromatic carbocycles. The predicted octanol–water partition coefficient (Wildman–Crippen LogP) is -2.37. The first-order valence-corrected chi connectivity index (χ1v) is 10.3. The number of hydroxylamine groups is 3. The van der Waals surface area contributed by atoms with Crippen molar-refractivity contribution < 1.29 is 31.7 Å². The minimum absolute atomic E-state index is 0.0193. The first-order valence-electron chi connectivity index (χ1n) is 8.96. The van der Waals surface area contributed by atoms with Gasteiger partial charge in [0.2, 0.25) is 0 Å². The predicted molar refractivity (Wildman–Crippen MR) is 90.7 cm³/mol. The fraction of sp³-hybridized carbons (Fsp3) is 0.769. The van der Waals surface area contributed by atoms with Gasteiger partial charge in [-0.25, -0.2) is 10.3 Å². The van der Waals surface area contributed by atoms with Gasteiger partial charge in [0, 0.05) is 19.1 Å². The second-order valence-corrected chi connectivity index (χ2v) is 8.04. The average molecular weight is 432 g/mol. The lowest BCUT2D eigenvalue weighted by molar-refractivity contribution is -0.139. The molecule has 29 heavy (non-hydrogen) atoms. The molecule has 16 heteroatoms. The molecule has 4 atom stereocenters. The summed E-state index contributed by atoms with van der Waals surface area (Å²) >= 11 is 0. The molecule has 4 rings (SSSR count). The Morgan fingerprint density at radius 3 is 2.93 bits per heavy atom. The largest absolute Gasteiger partial charge is 0.418 e. The first-order chi connectivity index (χ1) is 13.8. The van der Waals surface area contributed by atoms with Gasteiger partial charge in [0.25, 0.3) is 5.91 Å². The number of hydrogen-bond donors (Lipinski definition) is 3. The summed E-state index contributed by atoms with van der Waals surface area (Å²) in [5, 5.41) is 15.4. The highest BCUT2D eigenvalue weighted by molar-refractivity contribution is 7.80. The third-order valence-electron chi connectivity index (χ3n) is 5.15. The molecule has 2 bridgehead atoms. The van der Waals surface area contributed by atoms with E-state index in [9.17, 15) is 18.0 Å². The quantitative estimate of drug-likeness (QED) is 0.309. The van der Waals surface area contributed by atoms with Crippen LogP contribution in [0.25, 0.3) is 0 Å². The van der Waals surface area contributed by atoms with Crippen molar-refractivity contribution in [2.24, 2.45) is 0 Å². The van der Waals surface area contributed by atoms with Gasteiger partial charge in [0.05, 0.1) is 18.7 Å². The fourth-order valence-corrected chi connectivity index (χ4v) is 4.22. The summed E-state index contributed by atoms with van der Waals surface area (Å²) < 4.78 is 34.9. The molecule has 1 aromatic heterocycles. The smallest absolute Gasteiger partial charge is 0.309 e. The number of tetrazole rings is 1. The summed E-state index contributed by atoms with van der Waals surface area (Å²) in [6, 6.07) is -2.15. The minimum atomic E-state index is -4.83. The van der Waals surface area contributed by atoms with Gasteiger partial charge in [-0.2, -0.15) is 18.3 Å². The number of amides is 3. The summed E-state index contributed by atoms with van der Waals surface area (Å²) in [4.78, 5) is 32.8. The summed E-state index contributed by atoms with van der Waals surface area (Å²) in [6.07, 6.45) is 2.70. The number of urea groups is 1. The van der Waals surface area contributed by atoms with E-state index in [1.807, 2.05) is 0 Å². The molecule has 3 N–H and O–H groups in total. The van der Waals surface area contributed by atoms with Crippen molar-refractivity contribution in [3.8, 4) is 0 Å². The molecule has 0 radical (unpaired) electrons. The topological polar surface area (TPSA) is 181 Å². The SMILES string of the molecule is O=C(NOC[C@@H]1C[C@@H](n2ncnn2)CN1)C1CCC2CN1C(=O)N2OS(=O)(=O)O. The van der Waals surface area contributed by atoms with Crippen molar-refractivity contribution in [1.82, 2.24) is 41.0 Å².